The maximum Gasteiger partial charge on any atom is 0.375 e. The molecule has 4 N–H and O–H groups in total. The standard InChI is InChI=1S/C45H56N2O11/c1-4-56-44(52)43-33(25-49)38(29-9-11-36(51)31(23-29)27-8-10-35-28(22-27)12-16-46-35)39-41(55-3)32-24-37(57-40(32)34(26-50)42(39)58-43)45(53,15-5-6-20-48)30-13-18-47(19-14-30)17-7-21-54-2/h8,10,12,16,22,25,30-31,37,46,48,50,53H,4-7,9,11,13-15,17-21,23-24,26H2,1-3H3. The topological polar surface area (TPSA) is 177 Å². The Hall–Kier alpha value is -4.53. The lowest BCUT2D eigenvalue weighted by Gasteiger charge is -2.44. The number of allylic oxidation sites excluding steroid dienone is 3. The zero-order chi connectivity index (χ0) is 41.0. The Morgan fingerprint density at radius 1 is 1.07 bits per heavy atom. The van der Waals surface area contributed by atoms with Crippen molar-refractivity contribution in [1.29, 1.82) is 0 Å². The molecule has 1 aliphatic carbocycles. The Morgan fingerprint density at radius 3 is 2.59 bits per heavy atom. The van der Waals surface area contributed by atoms with E-state index in [4.69, 9.17) is 23.7 Å². The van der Waals surface area contributed by atoms with Crippen LogP contribution in [0.15, 0.2) is 47.4 Å². The van der Waals surface area contributed by atoms with Gasteiger partial charge in [-0.1, -0.05) is 11.6 Å². The first-order chi connectivity index (χ1) is 28.2. The highest BCUT2D eigenvalue weighted by molar-refractivity contribution is 6.11. The second-order valence-corrected chi connectivity index (χ2v) is 15.8. The maximum absolute atomic E-state index is 13.6. The number of hydrogen-bond acceptors (Lipinski definition) is 12. The molecule has 1 aromatic heterocycles. The SMILES string of the molecule is CCOC(=O)C1=C(C=O)C(=C2CCC(=O)C(c3ccc4[nH]ccc4c3)C2)c2c(OC)c3c(c(CO)c2O1)OC(C(O)(CCCCO)C1CCN(CCCOC)CC1)C3. The number of aromatic nitrogens is 1. The van der Waals surface area contributed by atoms with E-state index in [1.165, 1.54) is 7.11 Å². The quantitative estimate of drug-likeness (QED) is 0.0836. The van der Waals surface area contributed by atoms with Crippen LogP contribution in [0.25, 0.3) is 16.5 Å². The molecule has 2 fully saturated rings. The molecule has 0 bridgehead atoms. The number of aliphatic hydroxyl groups excluding tert-OH is 2. The summed E-state index contributed by atoms with van der Waals surface area (Å²) >= 11 is 0. The lowest BCUT2D eigenvalue weighted by atomic mass is 9.72. The molecule has 13 heteroatoms. The van der Waals surface area contributed by atoms with Gasteiger partial charge in [0, 0.05) is 68.5 Å². The maximum atomic E-state index is 13.6. The Balaban J connectivity index is 1.33. The van der Waals surface area contributed by atoms with Crippen LogP contribution in [0, 0.1) is 5.92 Å². The summed E-state index contributed by atoms with van der Waals surface area (Å²) in [6.45, 7) is 4.39. The van der Waals surface area contributed by atoms with E-state index < -0.39 is 30.2 Å². The number of benzene rings is 2. The van der Waals surface area contributed by atoms with Crippen LogP contribution in [0.1, 0.15) is 92.9 Å². The van der Waals surface area contributed by atoms with Gasteiger partial charge in [-0.25, -0.2) is 4.79 Å². The normalized spacial score (nSPS) is 22.3. The van der Waals surface area contributed by atoms with Gasteiger partial charge in [0.25, 0.3) is 0 Å². The fourth-order valence-corrected chi connectivity index (χ4v) is 9.68. The molecule has 2 aromatic carbocycles. The number of esters is 1. The van der Waals surface area contributed by atoms with E-state index in [2.05, 4.69) is 9.88 Å². The number of carbonyl (C=O) groups is 3. The molecule has 4 aliphatic rings. The Kier molecular flexibility index (Phi) is 13.0. The number of nitrogens with zero attached hydrogens (tertiary/aromatic N) is 1. The van der Waals surface area contributed by atoms with Crippen molar-refractivity contribution in [1.82, 2.24) is 9.88 Å². The summed E-state index contributed by atoms with van der Waals surface area (Å²) in [6.07, 6.45) is 6.72. The molecule has 3 aliphatic heterocycles. The molecule has 58 heavy (non-hydrogen) atoms. The van der Waals surface area contributed by atoms with E-state index in [0.29, 0.717) is 66.8 Å². The summed E-state index contributed by atoms with van der Waals surface area (Å²) in [5.74, 6) is -0.944. The molecule has 3 unspecified atom stereocenters. The number of H-pyrrole nitrogens is 1. The average molecular weight is 801 g/mol. The summed E-state index contributed by atoms with van der Waals surface area (Å²) < 4.78 is 30.0. The molecule has 3 aromatic rings. The minimum Gasteiger partial charge on any atom is -0.496 e. The van der Waals surface area contributed by atoms with Crippen molar-refractivity contribution in [2.45, 2.75) is 95.4 Å². The van der Waals surface area contributed by atoms with Crippen LogP contribution in [-0.4, -0.2) is 109 Å². The predicted octanol–water partition coefficient (Wildman–Crippen LogP) is 5.31. The van der Waals surface area contributed by atoms with Gasteiger partial charge in [0.05, 0.1) is 37.0 Å². The van der Waals surface area contributed by atoms with Gasteiger partial charge in [0.15, 0.2) is 6.29 Å². The first-order valence-corrected chi connectivity index (χ1v) is 20.7. The van der Waals surface area contributed by atoms with Gasteiger partial charge in [-0.05, 0) is 106 Å². The van der Waals surface area contributed by atoms with Crippen LogP contribution in [0.2, 0.25) is 0 Å². The first-order valence-electron chi connectivity index (χ1n) is 20.7. The highest BCUT2D eigenvalue weighted by Crippen LogP contribution is 2.57. The number of piperidine rings is 1. The van der Waals surface area contributed by atoms with Gasteiger partial charge < -0.3 is 48.9 Å². The van der Waals surface area contributed by atoms with Gasteiger partial charge in [0.1, 0.15) is 34.7 Å². The van der Waals surface area contributed by atoms with Crippen molar-refractivity contribution in [2.75, 3.05) is 53.7 Å². The number of ether oxygens (including phenoxy) is 5. The van der Waals surface area contributed by atoms with Gasteiger partial charge in [-0.15, -0.1) is 0 Å². The number of aldehydes is 1. The molecule has 1 saturated carbocycles. The predicted molar refractivity (Wildman–Crippen MR) is 216 cm³/mol. The number of hydrogen-bond donors (Lipinski definition) is 4. The van der Waals surface area contributed by atoms with Crippen molar-refractivity contribution in [3.05, 3.63) is 69.6 Å². The Labute approximate surface area is 338 Å². The highest BCUT2D eigenvalue weighted by Gasteiger charge is 2.51. The molecule has 13 nitrogen and oxygen atoms in total. The Morgan fingerprint density at radius 2 is 1.88 bits per heavy atom. The summed E-state index contributed by atoms with van der Waals surface area (Å²) in [6, 6.07) is 7.85. The summed E-state index contributed by atoms with van der Waals surface area (Å²) in [7, 11) is 3.22. The van der Waals surface area contributed by atoms with E-state index in [1.807, 2.05) is 30.5 Å². The monoisotopic (exact) mass is 800 g/mol. The van der Waals surface area contributed by atoms with Gasteiger partial charge in [-0.2, -0.15) is 0 Å². The number of aliphatic hydroxyl groups is 3. The molecule has 0 spiro atoms. The highest BCUT2D eigenvalue weighted by atomic mass is 16.6. The van der Waals surface area contributed by atoms with Gasteiger partial charge in [0.2, 0.25) is 5.76 Å². The van der Waals surface area contributed by atoms with Crippen molar-refractivity contribution < 1.29 is 53.4 Å². The third kappa shape index (κ3) is 7.82. The fourth-order valence-electron chi connectivity index (χ4n) is 9.68. The minimum atomic E-state index is -1.28. The Bertz CT molecular complexity index is 2080. The number of unbranched alkanes of at least 4 members (excludes halogenated alkanes) is 1. The van der Waals surface area contributed by atoms with Crippen LogP contribution in [0.3, 0.4) is 0 Å². The number of nitrogens with one attached hydrogen (secondary N) is 1. The number of likely N-dealkylation sites (tertiary alicyclic amines) is 1. The minimum absolute atomic E-state index is 0.00576. The van der Waals surface area contributed by atoms with Crippen molar-refractivity contribution in [3.8, 4) is 17.2 Å². The molecule has 1 saturated heterocycles. The first kappa shape index (κ1) is 41.6. The van der Waals surface area contributed by atoms with Crippen LogP contribution >= 0.6 is 0 Å². The third-order valence-corrected chi connectivity index (χ3v) is 12.6. The lowest BCUT2D eigenvalue weighted by Crippen LogP contribution is -2.54. The number of carbonyl (C=O) groups excluding carboxylic acids is 3. The van der Waals surface area contributed by atoms with Gasteiger partial charge >= 0.3 is 5.97 Å². The second kappa shape index (κ2) is 18.2. The molecule has 3 atom stereocenters. The molecular formula is C45H56N2O11. The number of aromatic amines is 1. The molecule has 0 amide bonds. The molecule has 7 rings (SSSR count). The van der Waals surface area contributed by atoms with Crippen molar-refractivity contribution in [3.63, 3.8) is 0 Å². The summed E-state index contributed by atoms with van der Waals surface area (Å²) in [4.78, 5) is 46.0. The zero-order valence-electron chi connectivity index (χ0n) is 33.8. The lowest BCUT2D eigenvalue weighted by molar-refractivity contribution is -0.141. The van der Waals surface area contributed by atoms with E-state index >= 15 is 0 Å². The van der Waals surface area contributed by atoms with Crippen molar-refractivity contribution >= 4 is 34.5 Å². The number of methoxy groups -OCH3 is 2. The number of rotatable bonds is 16. The van der Waals surface area contributed by atoms with Crippen LogP contribution in [-0.2, 0) is 36.9 Å². The van der Waals surface area contributed by atoms with Gasteiger partial charge in [-0.3, -0.25) is 9.59 Å². The van der Waals surface area contributed by atoms with Crippen LogP contribution < -0.4 is 14.2 Å². The van der Waals surface area contributed by atoms with E-state index in [0.717, 1.165) is 60.9 Å². The fraction of sp³-hybridized carbons (Fsp3) is 0.533. The zero-order valence-corrected chi connectivity index (χ0v) is 33.8. The molecule has 312 valence electrons. The number of Topliss-reactive ketones (excluding diaryl/α,β-unsaturated/α-hetero) is 1. The molecule has 0 radical (unpaired) electrons. The molecule has 4 heterocycles. The largest absolute Gasteiger partial charge is 0.496 e. The van der Waals surface area contributed by atoms with Crippen molar-refractivity contribution in [2.24, 2.45) is 5.92 Å². The van der Waals surface area contributed by atoms with E-state index in [1.54, 1.807) is 14.0 Å². The second-order valence-electron chi connectivity index (χ2n) is 15.8. The number of ketones is 1. The van der Waals surface area contributed by atoms with Crippen LogP contribution in [0.4, 0.5) is 0 Å². The van der Waals surface area contributed by atoms with E-state index in [9.17, 15) is 29.7 Å². The average Bonchev–Trinajstić information content (AvgIpc) is 3.91. The third-order valence-electron chi connectivity index (χ3n) is 12.6. The van der Waals surface area contributed by atoms with E-state index in [-0.39, 0.29) is 66.8 Å². The number of fused-ring (bicyclic) bond motifs is 3. The smallest absolute Gasteiger partial charge is 0.375 e. The molecular weight excluding hydrogens is 744 g/mol. The summed E-state index contributed by atoms with van der Waals surface area (Å²) in [5.41, 5.74) is 2.93. The summed E-state index contributed by atoms with van der Waals surface area (Å²) in [5, 5.41) is 34.6. The van der Waals surface area contributed by atoms with Crippen LogP contribution in [0.5, 0.6) is 17.2 Å².